The number of fused-ring (bicyclic) bond motifs is 1. The van der Waals surface area contributed by atoms with Crippen molar-refractivity contribution in [3.05, 3.63) is 95.3 Å². The lowest BCUT2D eigenvalue weighted by molar-refractivity contribution is 0.0734. The number of hydrogen-bond donors (Lipinski definition) is 1. The summed E-state index contributed by atoms with van der Waals surface area (Å²) in [5, 5.41) is 12.5. The molecule has 0 spiro atoms. The molecule has 5 aromatic rings. The molecule has 0 amide bonds. The van der Waals surface area contributed by atoms with Crippen molar-refractivity contribution in [2.45, 2.75) is 19.8 Å². The van der Waals surface area contributed by atoms with Gasteiger partial charge in [-0.25, -0.2) is 9.78 Å². The summed E-state index contributed by atoms with van der Waals surface area (Å²) >= 11 is 6.55. The summed E-state index contributed by atoms with van der Waals surface area (Å²) in [6.45, 7) is 5.92. The SMILES string of the molecule is Cc1cc(-c2cc(OC(=O)c3ccncc3)ccc2Cl)cc2nnc(Nc3ccc(OCCN4CCCC4)cc3)nc12. The fourth-order valence-corrected chi connectivity index (χ4v) is 5.15. The number of esters is 1. The van der Waals surface area contributed by atoms with Crippen molar-refractivity contribution in [2.24, 2.45) is 0 Å². The summed E-state index contributed by atoms with van der Waals surface area (Å²) in [5.41, 5.74) is 4.99. The number of aryl methyl sites for hydroxylation is 1. The Morgan fingerprint density at radius 3 is 2.50 bits per heavy atom. The number of ether oxygens (including phenoxy) is 2. The van der Waals surface area contributed by atoms with Crippen LogP contribution in [-0.2, 0) is 0 Å². The Balaban J connectivity index is 1.15. The first-order valence-corrected chi connectivity index (χ1v) is 14.2. The van der Waals surface area contributed by atoms with Gasteiger partial charge in [0.05, 0.1) is 11.1 Å². The van der Waals surface area contributed by atoms with Gasteiger partial charge in [-0.05, 0) is 111 Å². The summed E-state index contributed by atoms with van der Waals surface area (Å²) < 4.78 is 11.5. The number of pyridine rings is 1. The summed E-state index contributed by atoms with van der Waals surface area (Å²) in [4.78, 5) is 23.6. The molecule has 2 aromatic heterocycles. The third kappa shape index (κ3) is 6.48. The number of carbonyl (C=O) groups is 1. The molecular weight excluding hydrogens is 552 g/mol. The number of nitrogens with zero attached hydrogens (tertiary/aromatic N) is 5. The molecule has 10 heteroatoms. The van der Waals surface area contributed by atoms with Crippen molar-refractivity contribution in [2.75, 3.05) is 31.6 Å². The van der Waals surface area contributed by atoms with Crippen LogP contribution < -0.4 is 14.8 Å². The number of anilines is 2. The summed E-state index contributed by atoms with van der Waals surface area (Å²) in [7, 11) is 0. The molecule has 0 atom stereocenters. The molecule has 3 heterocycles. The van der Waals surface area contributed by atoms with Gasteiger partial charge in [-0.15, -0.1) is 10.2 Å². The van der Waals surface area contributed by atoms with Gasteiger partial charge in [-0.3, -0.25) is 9.88 Å². The number of hydrogen-bond acceptors (Lipinski definition) is 9. The van der Waals surface area contributed by atoms with Crippen LogP contribution in [0.15, 0.2) is 79.1 Å². The Morgan fingerprint density at radius 1 is 0.952 bits per heavy atom. The molecule has 1 saturated heterocycles. The molecular formula is C32H29ClN6O3. The Morgan fingerprint density at radius 2 is 1.71 bits per heavy atom. The minimum atomic E-state index is -0.477. The molecule has 212 valence electrons. The maximum Gasteiger partial charge on any atom is 0.343 e. The van der Waals surface area contributed by atoms with Crippen molar-refractivity contribution in [1.82, 2.24) is 25.1 Å². The van der Waals surface area contributed by atoms with E-state index >= 15 is 0 Å². The van der Waals surface area contributed by atoms with Crippen molar-refractivity contribution >= 4 is 40.2 Å². The minimum Gasteiger partial charge on any atom is -0.492 e. The van der Waals surface area contributed by atoms with Crippen molar-refractivity contribution in [3.8, 4) is 22.6 Å². The zero-order valence-electron chi connectivity index (χ0n) is 23.1. The van der Waals surface area contributed by atoms with Crippen LogP contribution in [-0.4, -0.2) is 57.3 Å². The van der Waals surface area contributed by atoms with E-state index in [0.717, 1.165) is 34.6 Å². The fourth-order valence-electron chi connectivity index (χ4n) is 4.93. The summed E-state index contributed by atoms with van der Waals surface area (Å²) in [6, 6.07) is 19.9. The molecule has 0 bridgehead atoms. The zero-order valence-corrected chi connectivity index (χ0v) is 23.8. The topological polar surface area (TPSA) is 102 Å². The first-order valence-electron chi connectivity index (χ1n) is 13.8. The average Bonchev–Trinajstić information content (AvgIpc) is 3.53. The van der Waals surface area contributed by atoms with E-state index in [0.29, 0.717) is 40.0 Å². The van der Waals surface area contributed by atoms with Crippen LogP contribution in [0.25, 0.3) is 22.2 Å². The number of halogens is 1. The normalized spacial score (nSPS) is 13.3. The van der Waals surface area contributed by atoms with Gasteiger partial charge in [0.15, 0.2) is 0 Å². The van der Waals surface area contributed by atoms with Crippen molar-refractivity contribution in [1.29, 1.82) is 0 Å². The highest BCUT2D eigenvalue weighted by Gasteiger charge is 2.14. The number of carbonyl (C=O) groups excluding carboxylic acids is 1. The number of aromatic nitrogens is 4. The van der Waals surface area contributed by atoms with Gasteiger partial charge >= 0.3 is 5.97 Å². The van der Waals surface area contributed by atoms with Crippen LogP contribution >= 0.6 is 11.6 Å². The van der Waals surface area contributed by atoms with E-state index < -0.39 is 5.97 Å². The van der Waals surface area contributed by atoms with Gasteiger partial charge in [0, 0.05) is 35.2 Å². The third-order valence-electron chi connectivity index (χ3n) is 7.11. The number of likely N-dealkylation sites (tertiary alicyclic amines) is 1. The maximum absolute atomic E-state index is 12.5. The van der Waals surface area contributed by atoms with Gasteiger partial charge in [0.2, 0.25) is 5.95 Å². The highest BCUT2D eigenvalue weighted by molar-refractivity contribution is 6.33. The molecule has 0 saturated carbocycles. The average molecular weight is 581 g/mol. The molecule has 1 N–H and O–H groups in total. The lowest BCUT2D eigenvalue weighted by Crippen LogP contribution is -2.25. The molecule has 1 fully saturated rings. The van der Waals surface area contributed by atoms with Crippen LogP contribution in [0, 0.1) is 6.92 Å². The minimum absolute atomic E-state index is 0.376. The van der Waals surface area contributed by atoms with E-state index in [4.69, 9.17) is 26.1 Å². The summed E-state index contributed by atoms with van der Waals surface area (Å²) in [6.07, 6.45) is 5.64. The first-order chi connectivity index (χ1) is 20.5. The smallest absolute Gasteiger partial charge is 0.343 e. The molecule has 0 radical (unpaired) electrons. The molecule has 1 aliphatic heterocycles. The van der Waals surface area contributed by atoms with E-state index in [1.54, 1.807) is 42.7 Å². The van der Waals surface area contributed by atoms with Gasteiger partial charge in [-0.2, -0.15) is 0 Å². The quantitative estimate of drug-likeness (QED) is 0.155. The number of nitrogens with one attached hydrogen (secondary N) is 1. The van der Waals surface area contributed by atoms with Crippen LogP contribution in [0.3, 0.4) is 0 Å². The van der Waals surface area contributed by atoms with Crippen molar-refractivity contribution < 1.29 is 14.3 Å². The Kier molecular flexibility index (Phi) is 8.21. The first kappa shape index (κ1) is 27.6. The lowest BCUT2D eigenvalue weighted by Gasteiger charge is -2.15. The van der Waals surface area contributed by atoms with Gasteiger partial charge in [0.1, 0.15) is 23.6 Å². The second-order valence-electron chi connectivity index (χ2n) is 10.1. The van der Waals surface area contributed by atoms with E-state index in [2.05, 4.69) is 25.4 Å². The highest BCUT2D eigenvalue weighted by atomic mass is 35.5. The molecule has 0 aliphatic carbocycles. The predicted octanol–water partition coefficient (Wildman–Crippen LogP) is 6.49. The van der Waals surface area contributed by atoms with Crippen LogP contribution in [0.1, 0.15) is 28.8 Å². The monoisotopic (exact) mass is 580 g/mol. The van der Waals surface area contributed by atoms with E-state index in [9.17, 15) is 4.79 Å². The molecule has 9 nitrogen and oxygen atoms in total. The number of rotatable bonds is 9. The highest BCUT2D eigenvalue weighted by Crippen LogP contribution is 2.34. The third-order valence-corrected chi connectivity index (χ3v) is 7.44. The van der Waals surface area contributed by atoms with Gasteiger partial charge in [-0.1, -0.05) is 11.6 Å². The molecule has 42 heavy (non-hydrogen) atoms. The molecule has 3 aromatic carbocycles. The molecule has 6 rings (SSSR count). The summed E-state index contributed by atoms with van der Waals surface area (Å²) in [5.74, 6) is 1.12. The standard InChI is InChI=1S/C32H29ClN6O3/c1-21-18-23(27-20-26(8-9-28(27)33)42-31(40)22-10-12-34-13-11-22)19-29-30(21)36-32(38-37-29)35-24-4-6-25(7-5-24)41-17-16-39-14-2-3-15-39/h4-13,18-20H,2-3,14-17H2,1H3,(H,35,36,38). The second-order valence-corrected chi connectivity index (χ2v) is 10.5. The Labute approximate surface area is 248 Å². The predicted molar refractivity (Wildman–Crippen MR) is 163 cm³/mol. The van der Waals surface area contributed by atoms with E-state index in [1.165, 1.54) is 25.9 Å². The maximum atomic E-state index is 12.5. The Hall–Kier alpha value is -4.60. The zero-order chi connectivity index (χ0) is 28.9. The second kappa shape index (κ2) is 12.5. The lowest BCUT2D eigenvalue weighted by atomic mass is 10.0. The van der Waals surface area contributed by atoms with Crippen LogP contribution in [0.5, 0.6) is 11.5 Å². The van der Waals surface area contributed by atoms with E-state index in [-0.39, 0.29) is 0 Å². The fraction of sp³-hybridized carbons (Fsp3) is 0.219. The van der Waals surface area contributed by atoms with E-state index in [1.807, 2.05) is 43.3 Å². The van der Waals surface area contributed by atoms with Crippen molar-refractivity contribution in [3.63, 3.8) is 0 Å². The Bertz CT molecular complexity index is 1710. The van der Waals surface area contributed by atoms with Gasteiger partial charge < -0.3 is 14.8 Å². The van der Waals surface area contributed by atoms with Gasteiger partial charge in [0.25, 0.3) is 0 Å². The number of benzene rings is 3. The largest absolute Gasteiger partial charge is 0.492 e. The molecule has 0 unspecified atom stereocenters. The van der Waals surface area contributed by atoms with Crippen LogP contribution in [0.4, 0.5) is 11.6 Å². The van der Waals surface area contributed by atoms with Crippen LogP contribution in [0.2, 0.25) is 5.02 Å². The molecule has 1 aliphatic rings.